The second-order valence-corrected chi connectivity index (χ2v) is 18.7. The lowest BCUT2D eigenvalue weighted by Crippen LogP contribution is -2.56. The number of ether oxygens (including phenoxy) is 2. The minimum atomic E-state index is -0.227. The highest BCUT2D eigenvalue weighted by atomic mass is 32.1. The van der Waals surface area contributed by atoms with Crippen molar-refractivity contribution in [2.24, 2.45) is 0 Å². The van der Waals surface area contributed by atoms with Crippen LogP contribution in [-0.4, -0.2) is 11.3 Å². The average molecular weight is 803 g/mol. The molecule has 3 aliphatic heterocycles. The summed E-state index contributed by atoms with van der Waals surface area (Å²) in [7, 11) is 0. The molecule has 0 N–H and O–H groups in total. The normalized spacial score (nSPS) is 13.7. The molecule has 0 aliphatic carbocycles. The van der Waals surface area contributed by atoms with Crippen LogP contribution in [0.25, 0.3) is 75.4 Å². The minimum absolute atomic E-state index is 0.0599. The Bertz CT molecular complexity index is 3720. The van der Waals surface area contributed by atoms with Crippen LogP contribution in [0.1, 0.15) is 26.3 Å². The fourth-order valence-electron chi connectivity index (χ4n) is 10.5. The Labute approximate surface area is 355 Å². The largest absolute Gasteiger partial charge is 0.454 e. The van der Waals surface area contributed by atoms with Gasteiger partial charge in [-0.25, -0.2) is 0 Å². The van der Waals surface area contributed by atoms with Crippen LogP contribution < -0.4 is 25.3 Å². The summed E-state index contributed by atoms with van der Waals surface area (Å²) in [5.41, 5.74) is 15.9. The Morgan fingerprint density at radius 3 is 2.08 bits per heavy atom. The number of benzene rings is 8. The van der Waals surface area contributed by atoms with Crippen LogP contribution >= 0.6 is 11.3 Å². The molecule has 288 valence electrons. The van der Waals surface area contributed by atoms with E-state index < -0.39 is 0 Å². The van der Waals surface area contributed by atoms with Crippen molar-refractivity contribution in [3.8, 4) is 45.3 Å². The van der Waals surface area contributed by atoms with Crippen LogP contribution in [0.4, 0.5) is 17.1 Å². The summed E-state index contributed by atoms with van der Waals surface area (Å²) in [5.74, 6) is 2.80. The first kappa shape index (κ1) is 33.6. The van der Waals surface area contributed by atoms with Gasteiger partial charge >= 0.3 is 6.85 Å². The lowest BCUT2D eigenvalue weighted by Gasteiger charge is -2.42. The van der Waals surface area contributed by atoms with Crippen LogP contribution in [0, 0.1) is 0 Å². The van der Waals surface area contributed by atoms with Gasteiger partial charge < -0.3 is 23.3 Å². The second-order valence-electron chi connectivity index (χ2n) is 17.6. The molecule has 0 amide bonds. The number of fused-ring (bicyclic) bond motifs is 15. The minimum Gasteiger partial charge on any atom is -0.454 e. The maximum atomic E-state index is 6.83. The zero-order chi connectivity index (χ0) is 40.3. The first-order valence-electron chi connectivity index (χ1n) is 20.9. The Kier molecular flexibility index (Phi) is 6.47. The van der Waals surface area contributed by atoms with Gasteiger partial charge in [0.2, 0.25) is 0 Å². The maximum Gasteiger partial charge on any atom is 0.333 e. The molecule has 0 atom stereocenters. The summed E-state index contributed by atoms with van der Waals surface area (Å²) < 4.78 is 25.5. The van der Waals surface area contributed by atoms with Crippen LogP contribution in [-0.2, 0) is 5.41 Å². The fraction of sp³-hybridized carbons (Fsp3) is 0.0741. The highest BCUT2D eigenvalue weighted by Crippen LogP contribution is 2.55. The van der Waals surface area contributed by atoms with E-state index in [-0.39, 0.29) is 12.3 Å². The van der Waals surface area contributed by atoms with Crippen molar-refractivity contribution in [3.63, 3.8) is 0 Å². The molecule has 0 fully saturated rings. The number of furan rings is 1. The molecule has 5 nitrogen and oxygen atoms in total. The lowest BCUT2D eigenvalue weighted by atomic mass is 9.45. The van der Waals surface area contributed by atoms with Crippen molar-refractivity contribution in [2.45, 2.75) is 26.2 Å². The average Bonchev–Trinajstić information content (AvgIpc) is 3.96. The first-order valence-corrected chi connectivity index (χ1v) is 21.8. The molecule has 0 saturated carbocycles. The Morgan fingerprint density at radius 2 is 1.26 bits per heavy atom. The van der Waals surface area contributed by atoms with Crippen LogP contribution in [0.3, 0.4) is 0 Å². The number of nitrogens with zero attached hydrogens (tertiary/aromatic N) is 2. The van der Waals surface area contributed by atoms with Gasteiger partial charge in [-0.2, -0.15) is 0 Å². The standard InChI is InChI=1S/C54H35BN2O3S/c1-54(2,3)31-24-25-39(36(26-31)30-14-5-4-6-15-30)56-40-29-45-44(58-42-21-10-11-22-43(42)59-45)28-38(40)55-49-37(27-47-48(52(49)56)34-17-8-12-23-46(34)61-47)32-18-13-19-35-50(32)57(55)51-33-16-7-9-20-41(33)60-53(35)51/h4-29H,1-3H3. The smallest absolute Gasteiger partial charge is 0.333 e. The summed E-state index contributed by atoms with van der Waals surface area (Å²) in [5, 5.41) is 4.73. The zero-order valence-electron chi connectivity index (χ0n) is 33.6. The number of anilines is 3. The highest BCUT2D eigenvalue weighted by Gasteiger charge is 2.46. The Hall–Kier alpha value is -7.22. The lowest BCUT2D eigenvalue weighted by molar-refractivity contribution is 0.360. The summed E-state index contributed by atoms with van der Waals surface area (Å²) in [6.45, 7) is 6.66. The number of hydrogen-bond donors (Lipinski definition) is 0. The van der Waals surface area contributed by atoms with Crippen molar-refractivity contribution in [2.75, 3.05) is 4.90 Å². The number of para-hydroxylation sites is 4. The molecular formula is C54H35BN2O3S. The van der Waals surface area contributed by atoms with Crippen molar-refractivity contribution in [3.05, 3.63) is 163 Å². The summed E-state index contributed by atoms with van der Waals surface area (Å²) >= 11 is 1.87. The highest BCUT2D eigenvalue weighted by molar-refractivity contribution is 7.26. The molecule has 7 heteroatoms. The number of aromatic nitrogens is 1. The van der Waals surface area contributed by atoms with Gasteiger partial charge in [0, 0.05) is 59.3 Å². The van der Waals surface area contributed by atoms with Gasteiger partial charge in [-0.05, 0) is 93.7 Å². The molecule has 61 heavy (non-hydrogen) atoms. The fourth-order valence-corrected chi connectivity index (χ4v) is 11.6. The molecule has 11 aromatic rings. The van der Waals surface area contributed by atoms with Crippen molar-refractivity contribution < 1.29 is 13.9 Å². The predicted octanol–water partition coefficient (Wildman–Crippen LogP) is 14.2. The third-order valence-corrected chi connectivity index (χ3v) is 14.3. The molecule has 3 aliphatic rings. The van der Waals surface area contributed by atoms with E-state index >= 15 is 0 Å². The third-order valence-electron chi connectivity index (χ3n) is 13.2. The van der Waals surface area contributed by atoms with Gasteiger partial charge in [0.05, 0.1) is 16.9 Å². The van der Waals surface area contributed by atoms with Crippen LogP contribution in [0.2, 0.25) is 0 Å². The van der Waals surface area contributed by atoms with E-state index in [0.717, 1.165) is 44.3 Å². The van der Waals surface area contributed by atoms with E-state index in [9.17, 15) is 0 Å². The molecule has 0 unspecified atom stereocenters. The van der Waals surface area contributed by atoms with E-state index in [1.807, 2.05) is 35.6 Å². The molecule has 0 spiro atoms. The maximum absolute atomic E-state index is 6.83. The van der Waals surface area contributed by atoms with Gasteiger partial charge in [-0.1, -0.05) is 112 Å². The van der Waals surface area contributed by atoms with Gasteiger partial charge in [0.15, 0.2) is 28.6 Å². The third kappa shape index (κ3) is 4.46. The monoisotopic (exact) mass is 802 g/mol. The van der Waals surface area contributed by atoms with E-state index in [2.05, 4.69) is 164 Å². The molecular weight excluding hydrogens is 767 g/mol. The molecule has 8 aromatic carbocycles. The summed E-state index contributed by atoms with van der Waals surface area (Å²) in [4.78, 5) is 2.56. The second kappa shape index (κ2) is 11.7. The molecule has 6 heterocycles. The molecule has 14 rings (SSSR count). The van der Waals surface area contributed by atoms with Crippen molar-refractivity contribution >= 4 is 99.3 Å². The number of rotatable bonds is 2. The summed E-state index contributed by atoms with van der Waals surface area (Å²) in [6, 6.07) is 57.0. The van der Waals surface area contributed by atoms with Gasteiger partial charge in [-0.3, -0.25) is 0 Å². The molecule has 0 radical (unpaired) electrons. The van der Waals surface area contributed by atoms with E-state index in [4.69, 9.17) is 13.9 Å². The molecule has 3 aromatic heterocycles. The Morgan fingerprint density at radius 1 is 0.541 bits per heavy atom. The van der Waals surface area contributed by atoms with E-state index in [1.165, 1.54) is 64.7 Å². The first-order chi connectivity index (χ1) is 29.9. The van der Waals surface area contributed by atoms with Gasteiger partial charge in [-0.15, -0.1) is 11.3 Å². The Balaban J connectivity index is 1.19. The van der Waals surface area contributed by atoms with Crippen LogP contribution in [0.15, 0.2) is 162 Å². The van der Waals surface area contributed by atoms with E-state index in [1.54, 1.807) is 0 Å². The predicted molar refractivity (Wildman–Crippen MR) is 253 cm³/mol. The van der Waals surface area contributed by atoms with Crippen LogP contribution in [0.5, 0.6) is 23.0 Å². The number of hydrogen-bond acceptors (Lipinski definition) is 5. The molecule has 0 bridgehead atoms. The SMILES string of the molecule is CC(C)(C)c1ccc(N2c3cc4c(cc3B3c5c(cc6sc7ccccc7c6c52)-c2cccc5c6oc7ccccc7c6n3c25)Oc2ccccc2O4)c(-c2ccccc2)c1. The van der Waals surface area contributed by atoms with Gasteiger partial charge in [0.1, 0.15) is 5.58 Å². The van der Waals surface area contributed by atoms with Crippen molar-refractivity contribution in [1.29, 1.82) is 0 Å². The molecule has 0 saturated heterocycles. The summed E-state index contributed by atoms with van der Waals surface area (Å²) in [6.07, 6.45) is 0. The van der Waals surface area contributed by atoms with Crippen molar-refractivity contribution in [1.82, 2.24) is 4.48 Å². The quantitative estimate of drug-likeness (QED) is 0.163. The van der Waals surface area contributed by atoms with Gasteiger partial charge in [0.25, 0.3) is 0 Å². The zero-order valence-corrected chi connectivity index (χ0v) is 34.4. The van der Waals surface area contributed by atoms with E-state index in [0.29, 0.717) is 23.0 Å². The topological polar surface area (TPSA) is 39.8 Å². The number of thiophene rings is 1.